The summed E-state index contributed by atoms with van der Waals surface area (Å²) in [5, 5.41) is 18.8. The molecular weight excluding hydrogens is 398 g/mol. The van der Waals surface area contributed by atoms with Crippen LogP contribution in [0.3, 0.4) is 0 Å². The fourth-order valence-corrected chi connectivity index (χ4v) is 4.21. The lowest BCUT2D eigenvalue weighted by Crippen LogP contribution is -2.23. The fraction of sp³-hybridized carbons (Fsp3) is 0.222. The third kappa shape index (κ3) is 4.53. The predicted octanol–water partition coefficient (Wildman–Crippen LogP) is 5.06. The van der Waals surface area contributed by atoms with Gasteiger partial charge >= 0.3 is 0 Å². The Hall–Kier alpha value is -3.57. The molecule has 0 radical (unpaired) electrons. The first kappa shape index (κ1) is 21.7. The number of aldehydes is 1. The highest BCUT2D eigenvalue weighted by atomic mass is 16.3. The number of rotatable bonds is 9. The summed E-state index contributed by atoms with van der Waals surface area (Å²) in [6.07, 6.45) is 2.14. The van der Waals surface area contributed by atoms with E-state index in [1.807, 2.05) is 54.6 Å². The van der Waals surface area contributed by atoms with Crippen molar-refractivity contribution in [1.29, 1.82) is 0 Å². The number of aryl methyl sites for hydroxylation is 2. The second-order valence-electron chi connectivity index (χ2n) is 8.17. The number of hydrogen-bond donors (Lipinski definition) is 3. The summed E-state index contributed by atoms with van der Waals surface area (Å²) in [5.41, 5.74) is 6.31. The summed E-state index contributed by atoms with van der Waals surface area (Å²) in [6.45, 7) is 3.16. The van der Waals surface area contributed by atoms with Gasteiger partial charge in [-0.2, -0.15) is 0 Å². The van der Waals surface area contributed by atoms with Gasteiger partial charge in [-0.05, 0) is 41.8 Å². The van der Waals surface area contributed by atoms with Crippen molar-refractivity contribution in [2.24, 2.45) is 13.0 Å². The van der Waals surface area contributed by atoms with Crippen molar-refractivity contribution in [2.45, 2.75) is 19.6 Å². The number of hydrogen-bond acceptors (Lipinski definition) is 4. The van der Waals surface area contributed by atoms with Crippen molar-refractivity contribution < 1.29 is 9.90 Å². The van der Waals surface area contributed by atoms with E-state index < -0.39 is 12.0 Å². The van der Waals surface area contributed by atoms with Gasteiger partial charge in [0.25, 0.3) is 0 Å². The van der Waals surface area contributed by atoms with Crippen LogP contribution < -0.4 is 10.6 Å². The van der Waals surface area contributed by atoms with Crippen LogP contribution in [0.25, 0.3) is 10.9 Å². The molecule has 3 aromatic carbocycles. The Kier molecular flexibility index (Phi) is 6.57. The van der Waals surface area contributed by atoms with Crippen LogP contribution in [-0.2, 0) is 18.4 Å². The Balaban J connectivity index is 1.47. The Bertz CT molecular complexity index is 1200. The molecule has 4 aromatic rings. The van der Waals surface area contributed by atoms with E-state index in [0.29, 0.717) is 13.1 Å². The van der Waals surface area contributed by atoms with Gasteiger partial charge in [-0.25, -0.2) is 0 Å². The minimum Gasteiger partial charge on any atom is -0.388 e. The molecule has 5 heteroatoms. The number of carbonyl (C=O) groups is 1. The summed E-state index contributed by atoms with van der Waals surface area (Å²) in [5.74, 6) is -0.550. The second-order valence-corrected chi connectivity index (χ2v) is 8.17. The molecule has 0 saturated carbocycles. The number of nitrogens with one attached hydrogen (secondary N) is 2. The molecule has 32 heavy (non-hydrogen) atoms. The molecule has 2 unspecified atom stereocenters. The highest BCUT2D eigenvalue weighted by Gasteiger charge is 2.20. The lowest BCUT2D eigenvalue weighted by molar-refractivity contribution is -0.113. The van der Waals surface area contributed by atoms with Crippen LogP contribution >= 0.6 is 0 Å². The van der Waals surface area contributed by atoms with Crippen LogP contribution in [0.4, 0.5) is 11.4 Å². The van der Waals surface area contributed by atoms with E-state index in [1.54, 1.807) is 0 Å². The summed E-state index contributed by atoms with van der Waals surface area (Å²) in [7, 11) is 2.07. The number of anilines is 2. The van der Waals surface area contributed by atoms with E-state index >= 15 is 0 Å². The van der Waals surface area contributed by atoms with Crippen LogP contribution in [0.1, 0.15) is 22.8 Å². The van der Waals surface area contributed by atoms with Gasteiger partial charge < -0.3 is 25.1 Å². The highest BCUT2D eigenvalue weighted by molar-refractivity contribution is 5.87. The van der Waals surface area contributed by atoms with E-state index in [0.717, 1.165) is 23.2 Å². The Morgan fingerprint density at radius 1 is 0.938 bits per heavy atom. The molecule has 2 atom stereocenters. The lowest BCUT2D eigenvalue weighted by Gasteiger charge is -2.20. The van der Waals surface area contributed by atoms with Crippen molar-refractivity contribution >= 4 is 28.6 Å². The van der Waals surface area contributed by atoms with Gasteiger partial charge in [0.1, 0.15) is 6.29 Å². The van der Waals surface area contributed by atoms with Gasteiger partial charge in [0, 0.05) is 37.2 Å². The lowest BCUT2D eigenvalue weighted by atomic mass is 9.97. The Morgan fingerprint density at radius 2 is 1.62 bits per heavy atom. The predicted molar refractivity (Wildman–Crippen MR) is 131 cm³/mol. The van der Waals surface area contributed by atoms with Gasteiger partial charge in [-0.3, -0.25) is 0 Å². The third-order valence-electron chi connectivity index (χ3n) is 5.95. The normalized spacial score (nSPS) is 13.0. The van der Waals surface area contributed by atoms with E-state index in [-0.39, 0.29) is 0 Å². The average molecular weight is 428 g/mol. The summed E-state index contributed by atoms with van der Waals surface area (Å²) >= 11 is 0. The summed E-state index contributed by atoms with van der Waals surface area (Å²) in [6, 6.07) is 23.6. The zero-order valence-corrected chi connectivity index (χ0v) is 18.5. The molecule has 164 valence electrons. The zero-order chi connectivity index (χ0) is 22.5. The maximum absolute atomic E-state index is 11.7. The first-order chi connectivity index (χ1) is 15.6. The van der Waals surface area contributed by atoms with Gasteiger partial charge in [0.05, 0.1) is 23.4 Å². The molecule has 0 spiro atoms. The molecule has 4 rings (SSSR count). The standard InChI is InChI=1S/C27H29N3O2/c1-19-9-8-14-25-26(19)21(17-30(25)2)15-28-23-12-6-7-13-24(23)29-16-22(18-31)27(32)20-10-4-3-5-11-20/h3-14,17-18,22,27-29,32H,15-16H2,1-2H3. The summed E-state index contributed by atoms with van der Waals surface area (Å²) in [4.78, 5) is 11.7. The molecule has 0 amide bonds. The van der Waals surface area contributed by atoms with Gasteiger partial charge in [0.2, 0.25) is 0 Å². The fourth-order valence-electron chi connectivity index (χ4n) is 4.21. The van der Waals surface area contributed by atoms with Crippen LogP contribution in [0.15, 0.2) is 79.0 Å². The molecule has 3 N–H and O–H groups in total. The van der Waals surface area contributed by atoms with Gasteiger partial charge in [0.15, 0.2) is 0 Å². The quantitative estimate of drug-likeness (QED) is 0.327. The zero-order valence-electron chi connectivity index (χ0n) is 18.5. The second kappa shape index (κ2) is 9.71. The first-order valence-electron chi connectivity index (χ1n) is 10.9. The highest BCUT2D eigenvalue weighted by Crippen LogP contribution is 2.28. The number of fused-ring (bicyclic) bond motifs is 1. The van der Waals surface area contributed by atoms with Crippen molar-refractivity contribution in [3.63, 3.8) is 0 Å². The number of nitrogens with zero attached hydrogens (tertiary/aromatic N) is 1. The topological polar surface area (TPSA) is 66.3 Å². The number of carbonyl (C=O) groups excluding carboxylic acids is 1. The molecule has 0 fully saturated rings. The van der Waals surface area contributed by atoms with Crippen LogP contribution in [0, 0.1) is 12.8 Å². The van der Waals surface area contributed by atoms with E-state index in [2.05, 4.69) is 53.6 Å². The minimum atomic E-state index is -0.847. The first-order valence-corrected chi connectivity index (χ1v) is 10.9. The average Bonchev–Trinajstić information content (AvgIpc) is 3.16. The Morgan fingerprint density at radius 3 is 2.34 bits per heavy atom. The van der Waals surface area contributed by atoms with E-state index in [1.165, 1.54) is 22.0 Å². The maximum atomic E-state index is 11.7. The number of aromatic nitrogens is 1. The van der Waals surface area contributed by atoms with Gasteiger partial charge in [-0.1, -0.05) is 54.6 Å². The van der Waals surface area contributed by atoms with Crippen LogP contribution in [0.2, 0.25) is 0 Å². The van der Waals surface area contributed by atoms with Crippen molar-refractivity contribution in [3.8, 4) is 0 Å². The van der Waals surface area contributed by atoms with Crippen molar-refractivity contribution in [1.82, 2.24) is 4.57 Å². The largest absolute Gasteiger partial charge is 0.388 e. The molecule has 5 nitrogen and oxygen atoms in total. The van der Waals surface area contributed by atoms with Crippen LogP contribution in [-0.4, -0.2) is 22.5 Å². The number of para-hydroxylation sites is 2. The molecule has 0 aliphatic heterocycles. The molecule has 0 bridgehead atoms. The van der Waals surface area contributed by atoms with Crippen molar-refractivity contribution in [2.75, 3.05) is 17.2 Å². The molecule has 0 saturated heterocycles. The summed E-state index contributed by atoms with van der Waals surface area (Å²) < 4.78 is 2.16. The smallest absolute Gasteiger partial charge is 0.127 e. The third-order valence-corrected chi connectivity index (χ3v) is 5.95. The minimum absolute atomic E-state index is 0.339. The molecule has 1 heterocycles. The van der Waals surface area contributed by atoms with E-state index in [9.17, 15) is 9.90 Å². The number of aliphatic hydroxyl groups is 1. The number of aliphatic hydroxyl groups excluding tert-OH is 1. The van der Waals surface area contributed by atoms with Crippen LogP contribution in [0.5, 0.6) is 0 Å². The molecule has 0 aliphatic rings. The monoisotopic (exact) mass is 427 g/mol. The molecule has 0 aliphatic carbocycles. The SMILES string of the molecule is Cc1cccc2c1c(CNc1ccccc1NCC(C=O)C(O)c1ccccc1)cn2C. The maximum Gasteiger partial charge on any atom is 0.127 e. The number of benzene rings is 3. The van der Waals surface area contributed by atoms with Gasteiger partial charge in [-0.15, -0.1) is 0 Å². The molecule has 1 aromatic heterocycles. The van der Waals surface area contributed by atoms with E-state index in [4.69, 9.17) is 0 Å². The molecular formula is C27H29N3O2. The van der Waals surface area contributed by atoms with Crippen molar-refractivity contribution in [3.05, 3.63) is 95.7 Å². The Labute approximate surface area is 188 Å².